The summed E-state index contributed by atoms with van der Waals surface area (Å²) in [5, 5.41) is 23.2. The molecule has 0 bridgehead atoms. The van der Waals surface area contributed by atoms with Crippen LogP contribution in [0.4, 0.5) is 0 Å². The van der Waals surface area contributed by atoms with Crippen LogP contribution < -0.4 is 5.32 Å². The summed E-state index contributed by atoms with van der Waals surface area (Å²) in [6, 6.07) is -0.632. The summed E-state index contributed by atoms with van der Waals surface area (Å²) in [5.41, 5.74) is 0. The van der Waals surface area contributed by atoms with Crippen LogP contribution in [0.5, 0.6) is 0 Å². The molecule has 0 aliphatic carbocycles. The second-order valence-electron chi connectivity index (χ2n) is 23.5. The number of allylic oxidation sites excluding steroid dienone is 7. The van der Waals surface area contributed by atoms with Crippen molar-refractivity contribution in [3.05, 3.63) is 48.6 Å². The first kappa shape index (κ1) is 74.8. The van der Waals surface area contributed by atoms with Crippen LogP contribution in [0.1, 0.15) is 367 Å². The monoisotopic (exact) mass is 1080 g/mol. The van der Waals surface area contributed by atoms with E-state index < -0.39 is 12.1 Å². The Morgan fingerprint density at radius 3 is 1.00 bits per heavy atom. The van der Waals surface area contributed by atoms with Gasteiger partial charge in [-0.25, -0.2) is 0 Å². The molecule has 77 heavy (non-hydrogen) atoms. The van der Waals surface area contributed by atoms with Crippen LogP contribution in [0, 0.1) is 0 Å². The summed E-state index contributed by atoms with van der Waals surface area (Å²) in [5.74, 6) is -0.0670. The number of carbonyl (C=O) groups is 2. The summed E-state index contributed by atoms with van der Waals surface area (Å²) in [4.78, 5) is 24.6. The summed E-state index contributed by atoms with van der Waals surface area (Å²) in [7, 11) is 0. The first-order chi connectivity index (χ1) is 38.0. The van der Waals surface area contributed by atoms with Crippen molar-refractivity contribution in [2.24, 2.45) is 0 Å². The van der Waals surface area contributed by atoms with Gasteiger partial charge in [0.05, 0.1) is 25.4 Å². The van der Waals surface area contributed by atoms with Crippen LogP contribution in [0.25, 0.3) is 0 Å². The average molecular weight is 1080 g/mol. The smallest absolute Gasteiger partial charge is 0.305 e. The molecule has 0 aromatic rings. The fraction of sp³-hybridized carbons (Fsp3) is 0.859. The maximum absolute atomic E-state index is 12.5. The van der Waals surface area contributed by atoms with Gasteiger partial charge in [-0.1, -0.05) is 313 Å². The van der Waals surface area contributed by atoms with E-state index in [2.05, 4.69) is 55.6 Å². The van der Waals surface area contributed by atoms with Crippen LogP contribution in [-0.4, -0.2) is 47.4 Å². The van der Waals surface area contributed by atoms with Crippen molar-refractivity contribution in [2.45, 2.75) is 379 Å². The lowest BCUT2D eigenvalue weighted by Gasteiger charge is -2.20. The molecule has 2 atom stereocenters. The predicted molar refractivity (Wildman–Crippen MR) is 338 cm³/mol. The van der Waals surface area contributed by atoms with Gasteiger partial charge in [0.25, 0.3) is 0 Å². The highest BCUT2D eigenvalue weighted by Gasteiger charge is 2.18. The Kier molecular flexibility index (Phi) is 64.5. The molecule has 0 rings (SSSR count). The Hall–Kier alpha value is -2.18. The zero-order chi connectivity index (χ0) is 55.7. The van der Waals surface area contributed by atoms with Crippen LogP contribution in [0.3, 0.4) is 0 Å². The first-order valence-electron chi connectivity index (χ1n) is 34.4. The Bertz CT molecular complexity index is 1290. The van der Waals surface area contributed by atoms with Crippen molar-refractivity contribution in [1.82, 2.24) is 5.32 Å². The highest BCUT2D eigenvalue weighted by atomic mass is 16.5. The molecule has 6 heteroatoms. The van der Waals surface area contributed by atoms with Crippen molar-refractivity contribution in [1.29, 1.82) is 0 Å². The molecule has 0 saturated heterocycles. The SMILES string of the molecule is CCCCCCC/C=C\CCCCCCCC(=O)OCCCCCCCCCCC/C=C\C/C=C\CCCCCCCCCCCCCC(=O)NC(CO)C(O)/C=C/CCCCCCCCCCCCCCCCCCC. The molecule has 0 fully saturated rings. The maximum Gasteiger partial charge on any atom is 0.305 e. The number of aliphatic hydroxyl groups excluding tert-OH is 2. The minimum absolute atomic E-state index is 0.00173. The standard InChI is InChI=1S/C71H133NO5/c1-3-5-7-9-11-13-15-17-19-20-30-33-36-39-43-47-51-55-59-63-69(74)68(67-73)72-70(75)64-60-56-52-48-44-40-37-34-31-28-26-24-22-21-23-25-27-29-32-35-38-42-46-50-54-58-62-66-77-71(76)65-61-57-53-49-45-41-18-16-14-12-10-8-6-4-2/h16,18,21-22,25,27,59,63,68-69,73-74H,3-15,17,19-20,23-24,26,28-58,60-62,64-67H2,1-2H3,(H,72,75)/b18-16-,22-21-,27-25-,63-59+. The molecular formula is C71H133NO5. The van der Waals surface area contributed by atoms with Crippen LogP contribution in [0.15, 0.2) is 48.6 Å². The lowest BCUT2D eigenvalue weighted by molar-refractivity contribution is -0.143. The van der Waals surface area contributed by atoms with E-state index in [1.807, 2.05) is 6.08 Å². The molecule has 452 valence electrons. The lowest BCUT2D eigenvalue weighted by Crippen LogP contribution is -2.45. The average Bonchev–Trinajstić information content (AvgIpc) is 3.43. The van der Waals surface area contributed by atoms with Gasteiger partial charge in [-0.3, -0.25) is 9.59 Å². The van der Waals surface area contributed by atoms with Crippen molar-refractivity contribution in [2.75, 3.05) is 13.2 Å². The van der Waals surface area contributed by atoms with Gasteiger partial charge >= 0.3 is 5.97 Å². The van der Waals surface area contributed by atoms with Crippen LogP contribution in [0.2, 0.25) is 0 Å². The van der Waals surface area contributed by atoms with Crippen LogP contribution >= 0.6 is 0 Å². The normalized spacial score (nSPS) is 12.8. The summed E-state index contributed by atoms with van der Waals surface area (Å²) < 4.78 is 5.48. The number of carbonyl (C=O) groups excluding carboxylic acids is 2. The number of hydrogen-bond acceptors (Lipinski definition) is 5. The molecule has 0 spiro atoms. The number of nitrogens with one attached hydrogen (secondary N) is 1. The molecule has 6 nitrogen and oxygen atoms in total. The van der Waals surface area contributed by atoms with Crippen molar-refractivity contribution in [3.8, 4) is 0 Å². The number of unbranched alkanes of at least 4 members (excludes halogenated alkanes) is 47. The van der Waals surface area contributed by atoms with Gasteiger partial charge in [-0.15, -0.1) is 0 Å². The lowest BCUT2D eigenvalue weighted by atomic mass is 10.0. The second kappa shape index (κ2) is 66.3. The van der Waals surface area contributed by atoms with E-state index in [0.717, 1.165) is 51.4 Å². The molecule has 0 radical (unpaired) electrons. The van der Waals surface area contributed by atoms with Gasteiger partial charge in [0, 0.05) is 12.8 Å². The highest BCUT2D eigenvalue weighted by molar-refractivity contribution is 5.76. The van der Waals surface area contributed by atoms with Gasteiger partial charge in [0.2, 0.25) is 5.91 Å². The quantitative estimate of drug-likeness (QED) is 0.0320. The molecule has 1 amide bonds. The third-order valence-electron chi connectivity index (χ3n) is 15.8. The number of amides is 1. The minimum atomic E-state index is -0.848. The third-order valence-corrected chi connectivity index (χ3v) is 15.8. The van der Waals surface area contributed by atoms with Gasteiger partial charge < -0.3 is 20.3 Å². The molecular weight excluding hydrogens is 947 g/mol. The molecule has 3 N–H and O–H groups in total. The topological polar surface area (TPSA) is 95.9 Å². The number of hydrogen-bond donors (Lipinski definition) is 3. The number of rotatable bonds is 64. The molecule has 0 aliphatic rings. The van der Waals surface area contributed by atoms with E-state index in [0.29, 0.717) is 19.4 Å². The molecule has 0 heterocycles. The van der Waals surface area contributed by atoms with Gasteiger partial charge in [0.1, 0.15) is 0 Å². The van der Waals surface area contributed by atoms with Crippen molar-refractivity contribution in [3.63, 3.8) is 0 Å². The van der Waals surface area contributed by atoms with Gasteiger partial charge in [0.15, 0.2) is 0 Å². The Labute approximate surface area is 480 Å². The molecule has 0 aromatic heterocycles. The second-order valence-corrected chi connectivity index (χ2v) is 23.5. The Balaban J connectivity index is 3.45. The van der Waals surface area contributed by atoms with E-state index in [-0.39, 0.29) is 18.5 Å². The molecule has 0 aliphatic heterocycles. The number of ether oxygens (including phenoxy) is 1. The molecule has 2 unspecified atom stereocenters. The van der Waals surface area contributed by atoms with E-state index in [1.165, 1.54) is 289 Å². The van der Waals surface area contributed by atoms with Crippen molar-refractivity contribution < 1.29 is 24.5 Å². The van der Waals surface area contributed by atoms with E-state index in [9.17, 15) is 19.8 Å². The van der Waals surface area contributed by atoms with Crippen LogP contribution in [-0.2, 0) is 14.3 Å². The number of aliphatic hydroxyl groups is 2. The van der Waals surface area contributed by atoms with E-state index >= 15 is 0 Å². The summed E-state index contributed by atoms with van der Waals surface area (Å²) in [6.07, 6.45) is 86.0. The maximum atomic E-state index is 12.5. The summed E-state index contributed by atoms with van der Waals surface area (Å²) >= 11 is 0. The van der Waals surface area contributed by atoms with Gasteiger partial charge in [-0.05, 0) is 89.9 Å². The fourth-order valence-corrected chi connectivity index (χ4v) is 10.5. The van der Waals surface area contributed by atoms with E-state index in [1.54, 1.807) is 6.08 Å². The van der Waals surface area contributed by atoms with Crippen molar-refractivity contribution >= 4 is 11.9 Å². The number of esters is 1. The van der Waals surface area contributed by atoms with Gasteiger partial charge in [-0.2, -0.15) is 0 Å². The minimum Gasteiger partial charge on any atom is -0.466 e. The first-order valence-corrected chi connectivity index (χ1v) is 34.4. The fourth-order valence-electron chi connectivity index (χ4n) is 10.5. The predicted octanol–water partition coefficient (Wildman–Crippen LogP) is 22.1. The largest absolute Gasteiger partial charge is 0.466 e. The zero-order valence-corrected chi connectivity index (χ0v) is 51.7. The Morgan fingerprint density at radius 2 is 0.649 bits per heavy atom. The Morgan fingerprint density at radius 1 is 0.364 bits per heavy atom. The summed E-state index contributed by atoms with van der Waals surface area (Å²) in [6.45, 7) is 4.91. The molecule has 0 saturated carbocycles. The highest BCUT2D eigenvalue weighted by Crippen LogP contribution is 2.17. The molecule has 0 aromatic carbocycles. The third kappa shape index (κ3) is 62.9. The zero-order valence-electron chi connectivity index (χ0n) is 51.7. The van der Waals surface area contributed by atoms with E-state index in [4.69, 9.17) is 4.74 Å².